The van der Waals surface area contributed by atoms with Crippen molar-refractivity contribution in [2.45, 2.75) is 12.5 Å². The molecule has 2 N–H and O–H groups in total. The number of nitrogens with zero attached hydrogens (tertiary/aromatic N) is 1. The van der Waals surface area contributed by atoms with Crippen LogP contribution in [0.25, 0.3) is 11.3 Å². The van der Waals surface area contributed by atoms with Crippen molar-refractivity contribution in [1.82, 2.24) is 4.90 Å². The lowest BCUT2D eigenvalue weighted by atomic mass is 10.1. The number of furan rings is 1. The zero-order valence-electron chi connectivity index (χ0n) is 13.4. The van der Waals surface area contributed by atoms with Gasteiger partial charge in [-0.25, -0.2) is 0 Å². The van der Waals surface area contributed by atoms with E-state index in [0.29, 0.717) is 44.4 Å². The molecule has 0 bridgehead atoms. The smallest absolute Gasteiger partial charge is 0.289 e. The summed E-state index contributed by atoms with van der Waals surface area (Å²) in [6.07, 6.45) is 0.811. The Labute approximate surface area is 140 Å². The molecule has 1 amide bonds. The van der Waals surface area contributed by atoms with Crippen molar-refractivity contribution in [3.63, 3.8) is 0 Å². The summed E-state index contributed by atoms with van der Waals surface area (Å²) in [6.45, 7) is 2.81. The van der Waals surface area contributed by atoms with Crippen LogP contribution in [-0.4, -0.2) is 49.8 Å². The number of hydrogen-bond acceptors (Lipinski definition) is 5. The maximum absolute atomic E-state index is 12.5. The van der Waals surface area contributed by atoms with Gasteiger partial charge in [0.15, 0.2) is 5.76 Å². The molecule has 1 saturated heterocycles. The van der Waals surface area contributed by atoms with E-state index < -0.39 is 0 Å². The Morgan fingerprint density at radius 1 is 1.21 bits per heavy atom. The van der Waals surface area contributed by atoms with Crippen LogP contribution in [-0.2, 0) is 11.2 Å². The van der Waals surface area contributed by atoms with E-state index in [9.17, 15) is 4.79 Å². The van der Waals surface area contributed by atoms with Crippen molar-refractivity contribution < 1.29 is 18.7 Å². The van der Waals surface area contributed by atoms with Crippen molar-refractivity contribution in [3.8, 4) is 17.1 Å². The van der Waals surface area contributed by atoms with Crippen molar-refractivity contribution in [2.24, 2.45) is 5.73 Å². The Balaban J connectivity index is 1.60. The fraction of sp³-hybridized carbons (Fsp3) is 0.389. The fourth-order valence-electron chi connectivity index (χ4n) is 3.18. The molecule has 0 radical (unpaired) electrons. The standard InChI is InChI=1S/C18H20N2O4/c19-11-13-10-12-2-1-3-14(17(12)23-13)15-4-5-16(24-15)18(21)20-6-8-22-9-7-20/h1-5,13H,6-11,19H2/t13-/m1/s1. The predicted octanol–water partition coefficient (Wildman–Crippen LogP) is 1.68. The number of fused-ring (bicyclic) bond motifs is 1. The summed E-state index contributed by atoms with van der Waals surface area (Å²) in [4.78, 5) is 14.3. The van der Waals surface area contributed by atoms with Crippen LogP contribution in [0.15, 0.2) is 34.7 Å². The summed E-state index contributed by atoms with van der Waals surface area (Å²) in [6, 6.07) is 9.50. The fourth-order valence-corrected chi connectivity index (χ4v) is 3.18. The van der Waals surface area contributed by atoms with E-state index >= 15 is 0 Å². The van der Waals surface area contributed by atoms with Gasteiger partial charge in [-0.15, -0.1) is 0 Å². The van der Waals surface area contributed by atoms with Crippen molar-refractivity contribution >= 4 is 5.91 Å². The Kier molecular flexibility index (Phi) is 4.00. The maximum Gasteiger partial charge on any atom is 0.289 e. The molecule has 3 heterocycles. The van der Waals surface area contributed by atoms with E-state index in [1.807, 2.05) is 24.3 Å². The summed E-state index contributed by atoms with van der Waals surface area (Å²) in [5.41, 5.74) is 7.71. The van der Waals surface area contributed by atoms with Crippen LogP contribution in [0.5, 0.6) is 5.75 Å². The molecule has 0 saturated carbocycles. The molecule has 6 heteroatoms. The van der Waals surface area contributed by atoms with Gasteiger partial charge in [-0.2, -0.15) is 0 Å². The SMILES string of the molecule is NC[C@H]1Cc2cccc(-c3ccc(C(=O)N4CCOCC4)o3)c2O1. The number of morpholine rings is 1. The molecule has 24 heavy (non-hydrogen) atoms. The summed E-state index contributed by atoms with van der Waals surface area (Å²) < 4.78 is 17.0. The normalized spacial score (nSPS) is 19.9. The minimum atomic E-state index is -0.0992. The molecule has 1 aromatic carbocycles. The second-order valence-corrected chi connectivity index (χ2v) is 6.04. The highest BCUT2D eigenvalue weighted by molar-refractivity contribution is 5.92. The zero-order valence-corrected chi connectivity index (χ0v) is 13.4. The monoisotopic (exact) mass is 328 g/mol. The minimum Gasteiger partial charge on any atom is -0.488 e. The van der Waals surface area contributed by atoms with Crippen LogP contribution in [0, 0.1) is 0 Å². The van der Waals surface area contributed by atoms with Gasteiger partial charge < -0.3 is 24.5 Å². The summed E-state index contributed by atoms with van der Waals surface area (Å²) in [5, 5.41) is 0. The summed E-state index contributed by atoms with van der Waals surface area (Å²) in [5.74, 6) is 1.70. The second-order valence-electron chi connectivity index (χ2n) is 6.04. The lowest BCUT2D eigenvalue weighted by molar-refractivity contribution is 0.0283. The van der Waals surface area contributed by atoms with E-state index in [-0.39, 0.29) is 12.0 Å². The quantitative estimate of drug-likeness (QED) is 0.927. The van der Waals surface area contributed by atoms with E-state index in [4.69, 9.17) is 19.6 Å². The molecule has 6 nitrogen and oxygen atoms in total. The zero-order chi connectivity index (χ0) is 16.5. The lowest BCUT2D eigenvalue weighted by Crippen LogP contribution is -2.40. The first-order valence-electron chi connectivity index (χ1n) is 8.22. The van der Waals surface area contributed by atoms with Gasteiger partial charge in [0.05, 0.1) is 18.8 Å². The number of ether oxygens (including phenoxy) is 2. The maximum atomic E-state index is 12.5. The van der Waals surface area contributed by atoms with Gasteiger partial charge in [0.1, 0.15) is 17.6 Å². The number of hydrogen-bond donors (Lipinski definition) is 1. The van der Waals surface area contributed by atoms with Gasteiger partial charge in [-0.05, 0) is 23.8 Å². The van der Waals surface area contributed by atoms with E-state index in [2.05, 4.69) is 0 Å². The van der Waals surface area contributed by atoms with Crippen LogP contribution in [0.4, 0.5) is 0 Å². The number of rotatable bonds is 3. The average Bonchev–Trinajstić information content (AvgIpc) is 3.28. The van der Waals surface area contributed by atoms with Gasteiger partial charge in [0.2, 0.25) is 0 Å². The molecule has 2 aliphatic rings. The Bertz CT molecular complexity index is 749. The summed E-state index contributed by atoms with van der Waals surface area (Å²) in [7, 11) is 0. The van der Waals surface area contributed by atoms with Crippen LogP contribution in [0.3, 0.4) is 0 Å². The average molecular weight is 328 g/mol. The minimum absolute atomic E-state index is 0.00515. The van der Waals surface area contributed by atoms with Gasteiger partial charge >= 0.3 is 0 Å². The number of amides is 1. The number of para-hydroxylation sites is 1. The number of carbonyl (C=O) groups is 1. The van der Waals surface area contributed by atoms with E-state index in [1.165, 1.54) is 0 Å². The third kappa shape index (κ3) is 2.68. The predicted molar refractivity (Wildman–Crippen MR) is 88.0 cm³/mol. The highest BCUT2D eigenvalue weighted by Gasteiger charge is 2.27. The number of carbonyl (C=O) groups excluding carboxylic acids is 1. The van der Waals surface area contributed by atoms with Crippen LogP contribution >= 0.6 is 0 Å². The molecular weight excluding hydrogens is 308 g/mol. The van der Waals surface area contributed by atoms with Gasteiger partial charge in [0, 0.05) is 26.1 Å². The molecule has 0 aliphatic carbocycles. The van der Waals surface area contributed by atoms with Crippen LogP contribution in [0.2, 0.25) is 0 Å². The molecule has 0 unspecified atom stereocenters. The van der Waals surface area contributed by atoms with Gasteiger partial charge in [-0.1, -0.05) is 12.1 Å². The second kappa shape index (κ2) is 6.30. The Hall–Kier alpha value is -2.31. The molecule has 1 atom stereocenters. The third-order valence-electron chi connectivity index (χ3n) is 4.47. The van der Waals surface area contributed by atoms with E-state index in [0.717, 1.165) is 23.3 Å². The van der Waals surface area contributed by atoms with Gasteiger partial charge in [0.25, 0.3) is 5.91 Å². The molecule has 0 spiro atoms. The molecule has 2 aromatic rings. The summed E-state index contributed by atoms with van der Waals surface area (Å²) >= 11 is 0. The highest BCUT2D eigenvalue weighted by Crippen LogP contribution is 2.39. The Morgan fingerprint density at radius 3 is 2.83 bits per heavy atom. The first-order chi connectivity index (χ1) is 11.8. The lowest BCUT2D eigenvalue weighted by Gasteiger charge is -2.25. The number of nitrogens with two attached hydrogens (primary N) is 1. The van der Waals surface area contributed by atoms with Crippen molar-refractivity contribution in [3.05, 3.63) is 41.7 Å². The topological polar surface area (TPSA) is 77.9 Å². The number of benzene rings is 1. The molecule has 1 fully saturated rings. The Morgan fingerprint density at radius 2 is 2.04 bits per heavy atom. The third-order valence-corrected chi connectivity index (χ3v) is 4.47. The van der Waals surface area contributed by atoms with Crippen LogP contribution in [0.1, 0.15) is 16.1 Å². The first kappa shape index (κ1) is 15.2. The van der Waals surface area contributed by atoms with E-state index in [1.54, 1.807) is 11.0 Å². The molecule has 4 rings (SSSR count). The molecular formula is C18H20N2O4. The first-order valence-corrected chi connectivity index (χ1v) is 8.22. The molecule has 126 valence electrons. The highest BCUT2D eigenvalue weighted by atomic mass is 16.5. The van der Waals surface area contributed by atoms with Gasteiger partial charge in [-0.3, -0.25) is 4.79 Å². The molecule has 2 aliphatic heterocycles. The van der Waals surface area contributed by atoms with Crippen molar-refractivity contribution in [1.29, 1.82) is 0 Å². The van der Waals surface area contributed by atoms with Crippen molar-refractivity contribution in [2.75, 3.05) is 32.8 Å². The van der Waals surface area contributed by atoms with Crippen LogP contribution < -0.4 is 10.5 Å². The largest absolute Gasteiger partial charge is 0.488 e. The molecule has 1 aromatic heterocycles.